The molecule has 0 aliphatic carbocycles. The lowest BCUT2D eigenvalue weighted by Gasteiger charge is -2.23. The zero-order valence-corrected chi connectivity index (χ0v) is 11.4. The molecule has 6 heteroatoms. The van der Waals surface area contributed by atoms with Gasteiger partial charge in [0, 0.05) is 16.5 Å². The summed E-state index contributed by atoms with van der Waals surface area (Å²) >= 11 is 1.54. The number of carbonyl (C=O) groups is 2. The molecule has 0 fully saturated rings. The van der Waals surface area contributed by atoms with E-state index in [0.29, 0.717) is 16.7 Å². The quantitative estimate of drug-likeness (QED) is 0.855. The molecule has 0 radical (unpaired) electrons. The first-order valence-corrected chi connectivity index (χ1v) is 7.22. The number of Topliss-reactive ketones (excluding diaryl/α,β-unsaturated/α-hetero) is 1. The molecule has 5 nitrogen and oxygen atoms in total. The minimum Gasteiger partial charge on any atom is -0.478 e. The monoisotopic (exact) mass is 289 g/mol. The van der Waals surface area contributed by atoms with E-state index in [9.17, 15) is 9.59 Å². The molecule has 2 aromatic rings. The van der Waals surface area contributed by atoms with Crippen molar-refractivity contribution in [3.8, 4) is 5.75 Å². The number of nitrogens with zero attached hydrogens (tertiary/aromatic N) is 1. The number of aliphatic carboxylic acids is 1. The Labute approximate surface area is 119 Å². The van der Waals surface area contributed by atoms with Crippen molar-refractivity contribution in [3.05, 3.63) is 30.0 Å². The lowest BCUT2D eigenvalue weighted by Crippen LogP contribution is -2.34. The third-order valence-electron chi connectivity index (χ3n) is 3.24. The number of carboxylic acids is 1. The zero-order chi connectivity index (χ0) is 14.3. The smallest absolute Gasteiger partial charge is 0.345 e. The zero-order valence-electron chi connectivity index (χ0n) is 10.6. The first-order valence-electron chi connectivity index (χ1n) is 6.00. The number of hydrogen-bond donors (Lipinski definition) is 1. The largest absolute Gasteiger partial charge is 0.478 e. The summed E-state index contributed by atoms with van der Waals surface area (Å²) in [4.78, 5) is 28.4. The first-order chi connectivity index (χ1) is 9.61. The maximum atomic E-state index is 12.0. The molecule has 1 unspecified atom stereocenters. The summed E-state index contributed by atoms with van der Waals surface area (Å²) in [5.74, 6) is -1.05. The molecule has 0 amide bonds. The highest BCUT2D eigenvalue weighted by Gasteiger charge is 2.33. The van der Waals surface area contributed by atoms with Crippen molar-refractivity contribution in [1.29, 1.82) is 0 Å². The van der Waals surface area contributed by atoms with Gasteiger partial charge in [-0.25, -0.2) is 4.79 Å². The summed E-state index contributed by atoms with van der Waals surface area (Å²) in [5.41, 5.74) is 1.07. The molecular weight excluding hydrogens is 278 g/mol. The normalized spacial score (nSPS) is 17.6. The van der Waals surface area contributed by atoms with Crippen LogP contribution in [0.4, 0.5) is 0 Å². The van der Waals surface area contributed by atoms with E-state index < -0.39 is 12.1 Å². The van der Waals surface area contributed by atoms with Crippen molar-refractivity contribution in [2.45, 2.75) is 17.4 Å². The van der Waals surface area contributed by atoms with Crippen LogP contribution in [-0.4, -0.2) is 34.2 Å². The van der Waals surface area contributed by atoms with E-state index in [1.807, 2.05) is 18.4 Å². The average Bonchev–Trinajstić information content (AvgIpc) is 2.46. The maximum absolute atomic E-state index is 12.0. The fourth-order valence-electron chi connectivity index (χ4n) is 2.26. The summed E-state index contributed by atoms with van der Waals surface area (Å²) in [6.45, 7) is 0. The van der Waals surface area contributed by atoms with Crippen molar-refractivity contribution in [2.75, 3.05) is 6.26 Å². The Morgan fingerprint density at radius 1 is 1.50 bits per heavy atom. The number of ketones is 1. The molecule has 20 heavy (non-hydrogen) atoms. The Morgan fingerprint density at radius 3 is 3.00 bits per heavy atom. The SMILES string of the molecule is CSc1cccc2c3c(cnc12)C(=O)CC(C(=O)O)O3. The maximum Gasteiger partial charge on any atom is 0.345 e. The van der Waals surface area contributed by atoms with Gasteiger partial charge >= 0.3 is 5.97 Å². The summed E-state index contributed by atoms with van der Waals surface area (Å²) in [6.07, 6.45) is 2.12. The highest BCUT2D eigenvalue weighted by Crippen LogP contribution is 2.37. The minimum atomic E-state index is -1.13. The number of carbonyl (C=O) groups excluding carboxylic acids is 1. The van der Waals surface area contributed by atoms with Gasteiger partial charge in [-0.1, -0.05) is 6.07 Å². The molecule has 0 spiro atoms. The van der Waals surface area contributed by atoms with Gasteiger partial charge in [-0.3, -0.25) is 9.78 Å². The van der Waals surface area contributed by atoms with Crippen molar-refractivity contribution in [1.82, 2.24) is 4.98 Å². The number of para-hydroxylation sites is 1. The number of pyridine rings is 1. The Morgan fingerprint density at radius 2 is 2.30 bits per heavy atom. The molecule has 1 aliphatic rings. The average molecular weight is 289 g/mol. The van der Waals surface area contributed by atoms with Crippen LogP contribution in [-0.2, 0) is 4.79 Å². The lowest BCUT2D eigenvalue weighted by atomic mass is 10.00. The van der Waals surface area contributed by atoms with Crippen LogP contribution < -0.4 is 4.74 Å². The van der Waals surface area contributed by atoms with Gasteiger partial charge in [0.2, 0.25) is 6.10 Å². The van der Waals surface area contributed by atoms with Gasteiger partial charge in [-0.15, -0.1) is 11.8 Å². The van der Waals surface area contributed by atoms with Gasteiger partial charge in [-0.05, 0) is 18.4 Å². The van der Waals surface area contributed by atoms with Crippen molar-refractivity contribution in [2.24, 2.45) is 0 Å². The van der Waals surface area contributed by atoms with Crippen LogP contribution >= 0.6 is 11.8 Å². The summed E-state index contributed by atoms with van der Waals surface area (Å²) in [5, 5.41) is 9.73. The number of hydrogen-bond acceptors (Lipinski definition) is 5. The Hall–Kier alpha value is -2.08. The third-order valence-corrected chi connectivity index (χ3v) is 4.01. The van der Waals surface area contributed by atoms with Crippen molar-refractivity contribution < 1.29 is 19.4 Å². The molecule has 102 valence electrons. The van der Waals surface area contributed by atoms with Gasteiger partial charge in [0.05, 0.1) is 17.5 Å². The third kappa shape index (κ3) is 1.92. The van der Waals surface area contributed by atoms with Crippen LogP contribution in [0.1, 0.15) is 16.8 Å². The van der Waals surface area contributed by atoms with Crippen LogP contribution in [0, 0.1) is 0 Å². The number of thioether (sulfide) groups is 1. The summed E-state index contributed by atoms with van der Waals surface area (Å²) in [7, 11) is 0. The van der Waals surface area contributed by atoms with Gasteiger partial charge in [0.25, 0.3) is 0 Å². The molecule has 0 bridgehead atoms. The van der Waals surface area contributed by atoms with E-state index in [0.717, 1.165) is 10.4 Å². The van der Waals surface area contributed by atoms with E-state index in [-0.39, 0.29) is 12.2 Å². The standard InChI is InChI=1S/C14H11NO4S/c1-20-11-4-2-3-7-12(11)15-6-8-9(16)5-10(14(17)18)19-13(7)8/h2-4,6,10H,5H2,1H3,(H,17,18). The lowest BCUT2D eigenvalue weighted by molar-refractivity contribution is -0.145. The van der Waals surface area contributed by atoms with Crippen LogP contribution in [0.2, 0.25) is 0 Å². The van der Waals surface area contributed by atoms with E-state index in [4.69, 9.17) is 9.84 Å². The summed E-state index contributed by atoms with van der Waals surface area (Å²) < 4.78 is 5.51. The van der Waals surface area contributed by atoms with Crippen LogP contribution in [0.15, 0.2) is 29.3 Å². The van der Waals surface area contributed by atoms with Gasteiger partial charge in [-0.2, -0.15) is 0 Å². The fourth-order valence-corrected chi connectivity index (χ4v) is 2.83. The molecular formula is C14H11NO4S. The number of ether oxygens (including phenoxy) is 1. The second-order valence-corrected chi connectivity index (χ2v) is 5.28. The first kappa shape index (κ1) is 12.9. The van der Waals surface area contributed by atoms with Crippen molar-refractivity contribution >= 4 is 34.4 Å². The molecule has 3 rings (SSSR count). The van der Waals surface area contributed by atoms with E-state index in [2.05, 4.69) is 4.98 Å². The number of aromatic nitrogens is 1. The number of rotatable bonds is 2. The molecule has 2 heterocycles. The highest BCUT2D eigenvalue weighted by molar-refractivity contribution is 7.98. The Kier molecular flexibility index (Phi) is 3.10. The Bertz CT molecular complexity index is 728. The summed E-state index contributed by atoms with van der Waals surface area (Å²) in [6, 6.07) is 5.55. The highest BCUT2D eigenvalue weighted by atomic mass is 32.2. The van der Waals surface area contributed by atoms with Crippen LogP contribution in [0.3, 0.4) is 0 Å². The molecule has 1 N–H and O–H groups in total. The molecule has 0 saturated heterocycles. The van der Waals surface area contributed by atoms with E-state index in [1.165, 1.54) is 18.0 Å². The number of fused-ring (bicyclic) bond motifs is 3. The Balaban J connectivity index is 2.25. The molecule has 1 atom stereocenters. The van der Waals surface area contributed by atoms with Crippen molar-refractivity contribution in [3.63, 3.8) is 0 Å². The van der Waals surface area contributed by atoms with Gasteiger partial charge < -0.3 is 9.84 Å². The minimum absolute atomic E-state index is 0.155. The number of benzene rings is 1. The predicted molar refractivity (Wildman–Crippen MR) is 74.5 cm³/mol. The van der Waals surface area contributed by atoms with E-state index >= 15 is 0 Å². The van der Waals surface area contributed by atoms with Gasteiger partial charge in [0.1, 0.15) is 5.75 Å². The van der Waals surface area contributed by atoms with E-state index in [1.54, 1.807) is 6.07 Å². The topological polar surface area (TPSA) is 76.5 Å². The molecule has 1 aromatic heterocycles. The molecule has 1 aliphatic heterocycles. The second kappa shape index (κ2) is 4.79. The number of carboxylic acid groups (broad SMARTS) is 1. The fraction of sp³-hybridized carbons (Fsp3) is 0.214. The molecule has 0 saturated carbocycles. The van der Waals surface area contributed by atoms with Crippen LogP contribution in [0.5, 0.6) is 5.75 Å². The molecule has 1 aromatic carbocycles. The second-order valence-electron chi connectivity index (χ2n) is 4.43. The van der Waals surface area contributed by atoms with Gasteiger partial charge in [0.15, 0.2) is 5.78 Å². The predicted octanol–water partition coefficient (Wildman–Crippen LogP) is 2.38. The van der Waals surface area contributed by atoms with Crippen LogP contribution in [0.25, 0.3) is 10.9 Å².